The Morgan fingerprint density at radius 3 is 2.50 bits per heavy atom. The number of nitrogens with zero attached hydrogens (tertiary/aromatic N) is 1. The van der Waals surface area contributed by atoms with Gasteiger partial charge >= 0.3 is 0 Å². The number of halogens is 1. The molecule has 9 nitrogen and oxygen atoms in total. The lowest BCUT2D eigenvalue weighted by Crippen LogP contribution is -2.20. The molecule has 10 heteroatoms. The summed E-state index contributed by atoms with van der Waals surface area (Å²) in [5.74, 6) is 0.661. The first kappa shape index (κ1) is 28.1. The van der Waals surface area contributed by atoms with Gasteiger partial charge in [0.2, 0.25) is 0 Å². The van der Waals surface area contributed by atoms with Crippen LogP contribution in [0.4, 0.5) is 5.69 Å². The molecule has 0 unspecified atom stereocenters. The summed E-state index contributed by atoms with van der Waals surface area (Å²) in [6, 6.07) is 17.0. The van der Waals surface area contributed by atoms with Gasteiger partial charge in [-0.15, -0.1) is 0 Å². The van der Waals surface area contributed by atoms with Crippen molar-refractivity contribution in [3.8, 4) is 23.0 Å². The molecule has 0 saturated carbocycles. The molecule has 0 aliphatic carbocycles. The first-order chi connectivity index (χ1) is 18.4. The van der Waals surface area contributed by atoms with Crippen LogP contribution in [0.2, 0.25) is 5.02 Å². The zero-order valence-corrected chi connectivity index (χ0v) is 21.8. The Kier molecular flexibility index (Phi) is 10.6. The molecule has 0 saturated heterocycles. The van der Waals surface area contributed by atoms with E-state index < -0.39 is 5.91 Å². The van der Waals surface area contributed by atoms with Crippen LogP contribution in [0.15, 0.2) is 78.4 Å². The Hall–Kier alpha value is -4.50. The average molecular weight is 538 g/mol. The Morgan fingerprint density at radius 1 is 1.00 bits per heavy atom. The highest BCUT2D eigenvalue weighted by molar-refractivity contribution is 6.32. The molecule has 3 rings (SSSR count). The van der Waals surface area contributed by atoms with Crippen LogP contribution >= 0.6 is 11.6 Å². The summed E-state index contributed by atoms with van der Waals surface area (Å²) in [7, 11) is 1.48. The molecular formula is C28H28ClN3O6. The number of anilines is 1. The van der Waals surface area contributed by atoms with Crippen LogP contribution in [0.25, 0.3) is 0 Å². The molecule has 38 heavy (non-hydrogen) atoms. The third kappa shape index (κ3) is 8.01. The Labute approximate surface area is 226 Å². The summed E-state index contributed by atoms with van der Waals surface area (Å²) in [6.07, 6.45) is 3.02. The lowest BCUT2D eigenvalue weighted by atomic mass is 10.2. The predicted molar refractivity (Wildman–Crippen MR) is 147 cm³/mol. The van der Waals surface area contributed by atoms with Crippen molar-refractivity contribution >= 4 is 35.3 Å². The number of carbonyl (C=O) groups excluding carboxylic acids is 2. The van der Waals surface area contributed by atoms with E-state index in [1.165, 1.54) is 13.3 Å². The van der Waals surface area contributed by atoms with E-state index in [-0.39, 0.29) is 23.3 Å². The van der Waals surface area contributed by atoms with Crippen LogP contribution in [-0.2, 0) is 4.79 Å². The highest BCUT2D eigenvalue weighted by Gasteiger charge is 2.15. The van der Waals surface area contributed by atoms with Crippen LogP contribution in [0.1, 0.15) is 22.8 Å². The van der Waals surface area contributed by atoms with E-state index in [9.17, 15) is 9.59 Å². The van der Waals surface area contributed by atoms with Crippen molar-refractivity contribution in [2.24, 2.45) is 5.10 Å². The number of benzene rings is 3. The fraction of sp³-hybridized carbons (Fsp3) is 0.179. The maximum atomic E-state index is 12.6. The maximum absolute atomic E-state index is 12.6. The van der Waals surface area contributed by atoms with Gasteiger partial charge in [0.1, 0.15) is 6.61 Å². The minimum Gasteiger partial charge on any atom is -0.493 e. The van der Waals surface area contributed by atoms with Gasteiger partial charge in [-0.05, 0) is 55.0 Å². The normalized spacial score (nSPS) is 10.5. The molecule has 0 spiro atoms. The molecule has 3 aromatic carbocycles. The number of hydrogen-bond acceptors (Lipinski definition) is 7. The van der Waals surface area contributed by atoms with Gasteiger partial charge in [0, 0.05) is 11.3 Å². The predicted octanol–water partition coefficient (Wildman–Crippen LogP) is 5.09. The topological polar surface area (TPSA) is 107 Å². The minimum absolute atomic E-state index is 0.219. The van der Waals surface area contributed by atoms with Gasteiger partial charge in [0.05, 0.1) is 25.0 Å². The number of methoxy groups -OCH3 is 1. The second kappa shape index (κ2) is 14.3. The zero-order valence-electron chi connectivity index (χ0n) is 21.0. The van der Waals surface area contributed by atoms with Gasteiger partial charge in [-0.1, -0.05) is 42.5 Å². The van der Waals surface area contributed by atoms with Crippen molar-refractivity contribution in [1.82, 2.24) is 5.43 Å². The zero-order chi connectivity index (χ0) is 27.3. The first-order valence-electron chi connectivity index (χ1n) is 11.6. The maximum Gasteiger partial charge on any atom is 0.271 e. The van der Waals surface area contributed by atoms with Crippen molar-refractivity contribution in [3.63, 3.8) is 0 Å². The summed E-state index contributed by atoms with van der Waals surface area (Å²) < 4.78 is 22.1. The molecule has 198 valence electrons. The molecule has 0 fully saturated rings. The number of rotatable bonds is 13. The summed E-state index contributed by atoms with van der Waals surface area (Å²) in [4.78, 5) is 24.8. The van der Waals surface area contributed by atoms with Crippen molar-refractivity contribution in [3.05, 3.63) is 89.5 Å². The number of ether oxygens (including phenoxy) is 4. The van der Waals surface area contributed by atoms with E-state index >= 15 is 0 Å². The highest BCUT2D eigenvalue weighted by Crippen LogP contribution is 2.36. The van der Waals surface area contributed by atoms with Crippen molar-refractivity contribution in [2.45, 2.75) is 6.92 Å². The number of hydrazone groups is 1. The van der Waals surface area contributed by atoms with Crippen LogP contribution in [0.3, 0.4) is 0 Å². The van der Waals surface area contributed by atoms with E-state index in [2.05, 4.69) is 22.4 Å². The molecule has 0 aliphatic heterocycles. The lowest BCUT2D eigenvalue weighted by molar-refractivity contribution is -0.118. The quantitative estimate of drug-likeness (QED) is 0.178. The molecule has 0 bridgehead atoms. The van der Waals surface area contributed by atoms with Gasteiger partial charge in [-0.25, -0.2) is 5.43 Å². The first-order valence-corrected chi connectivity index (χ1v) is 12.0. The van der Waals surface area contributed by atoms with Gasteiger partial charge in [-0.3, -0.25) is 9.59 Å². The Bertz CT molecular complexity index is 1300. The Morgan fingerprint density at radius 2 is 1.79 bits per heavy atom. The van der Waals surface area contributed by atoms with Crippen LogP contribution in [0.5, 0.6) is 23.0 Å². The summed E-state index contributed by atoms with van der Waals surface area (Å²) in [5, 5.41) is 6.97. The van der Waals surface area contributed by atoms with E-state index in [0.717, 1.165) is 0 Å². The minimum atomic E-state index is -0.449. The molecule has 0 atom stereocenters. The van der Waals surface area contributed by atoms with Crippen LogP contribution in [-0.4, -0.2) is 45.0 Å². The van der Waals surface area contributed by atoms with Crippen LogP contribution in [0, 0.1) is 0 Å². The third-order valence-corrected chi connectivity index (χ3v) is 5.18. The van der Waals surface area contributed by atoms with Gasteiger partial charge in [-0.2, -0.15) is 5.10 Å². The highest BCUT2D eigenvalue weighted by atomic mass is 35.5. The molecule has 0 aliphatic rings. The van der Waals surface area contributed by atoms with Gasteiger partial charge in [0.15, 0.2) is 29.6 Å². The largest absolute Gasteiger partial charge is 0.493 e. The molecular weight excluding hydrogens is 510 g/mol. The van der Waals surface area contributed by atoms with Gasteiger partial charge in [0.25, 0.3) is 11.8 Å². The van der Waals surface area contributed by atoms with Gasteiger partial charge < -0.3 is 24.3 Å². The second-order valence-corrected chi connectivity index (χ2v) is 8.04. The van der Waals surface area contributed by atoms with Crippen molar-refractivity contribution in [2.75, 3.05) is 32.2 Å². The molecule has 0 radical (unpaired) electrons. The molecule has 2 amide bonds. The molecule has 0 aromatic heterocycles. The van der Waals surface area contributed by atoms with Crippen molar-refractivity contribution < 1.29 is 28.5 Å². The molecule has 0 heterocycles. The number of nitrogens with one attached hydrogen (secondary N) is 2. The third-order valence-electron chi connectivity index (χ3n) is 4.90. The summed E-state index contributed by atoms with van der Waals surface area (Å²) >= 11 is 6.42. The SMILES string of the molecule is C=CCOc1ccc(C(=O)N/N=C/c2cc(Cl)c(OCC(=O)Nc3ccccc3)c(OCC)c2)cc1OC. The van der Waals surface area contributed by atoms with Crippen molar-refractivity contribution in [1.29, 1.82) is 0 Å². The van der Waals surface area contributed by atoms with E-state index in [1.807, 2.05) is 25.1 Å². The van der Waals surface area contributed by atoms with E-state index in [1.54, 1.807) is 48.5 Å². The number of amides is 2. The monoisotopic (exact) mass is 537 g/mol. The fourth-order valence-corrected chi connectivity index (χ4v) is 3.50. The summed E-state index contributed by atoms with van der Waals surface area (Å²) in [6.45, 7) is 5.80. The lowest BCUT2D eigenvalue weighted by Gasteiger charge is -2.14. The van der Waals surface area contributed by atoms with Crippen LogP contribution < -0.4 is 29.7 Å². The Balaban J connectivity index is 1.66. The van der Waals surface area contributed by atoms with E-state index in [0.29, 0.717) is 47.3 Å². The van der Waals surface area contributed by atoms with E-state index in [4.69, 9.17) is 30.5 Å². The number of hydrogen-bond donors (Lipinski definition) is 2. The average Bonchev–Trinajstić information content (AvgIpc) is 2.92. The summed E-state index contributed by atoms with van der Waals surface area (Å²) in [5.41, 5.74) is 3.99. The molecule has 3 aromatic rings. The number of para-hydroxylation sites is 1. The number of carbonyl (C=O) groups is 2. The molecule has 2 N–H and O–H groups in total. The fourth-order valence-electron chi connectivity index (χ4n) is 3.23. The second-order valence-electron chi connectivity index (χ2n) is 7.63. The smallest absolute Gasteiger partial charge is 0.271 e. The standard InChI is InChI=1S/C28H28ClN3O6/c1-4-13-37-23-12-11-20(16-24(23)35-3)28(34)32-30-17-19-14-22(29)27(25(15-19)36-5-2)38-18-26(33)31-21-9-7-6-8-10-21/h4,6-12,14-17H,1,5,13,18H2,2-3H3,(H,31,33)(H,32,34)/b30-17+.